The van der Waals surface area contributed by atoms with E-state index in [9.17, 15) is 18.0 Å². The van der Waals surface area contributed by atoms with Gasteiger partial charge >= 0.3 is 0 Å². The van der Waals surface area contributed by atoms with Crippen molar-refractivity contribution in [2.24, 2.45) is 0 Å². The molecule has 0 unspecified atom stereocenters. The van der Waals surface area contributed by atoms with Gasteiger partial charge in [0.25, 0.3) is 10.0 Å². The van der Waals surface area contributed by atoms with Gasteiger partial charge in [0.2, 0.25) is 11.8 Å². The molecule has 0 aromatic heterocycles. The molecule has 4 aromatic carbocycles. The molecule has 2 amide bonds. The molecule has 45 heavy (non-hydrogen) atoms. The molecule has 236 valence electrons. The van der Waals surface area contributed by atoms with E-state index in [-0.39, 0.29) is 34.1 Å². The highest BCUT2D eigenvalue weighted by Gasteiger charge is 2.35. The zero-order valence-corrected chi connectivity index (χ0v) is 26.9. The third-order valence-electron chi connectivity index (χ3n) is 7.45. The fourth-order valence-electron chi connectivity index (χ4n) is 4.95. The maximum Gasteiger partial charge on any atom is 0.264 e. The number of benzene rings is 4. The molecule has 0 aliphatic heterocycles. The van der Waals surface area contributed by atoms with E-state index in [2.05, 4.69) is 5.32 Å². The zero-order chi connectivity index (χ0) is 32.4. The van der Waals surface area contributed by atoms with Crippen molar-refractivity contribution in [3.8, 4) is 0 Å². The van der Waals surface area contributed by atoms with Crippen molar-refractivity contribution >= 4 is 39.1 Å². The molecule has 0 fully saturated rings. The van der Waals surface area contributed by atoms with Gasteiger partial charge in [0, 0.05) is 30.1 Å². The van der Waals surface area contributed by atoms with E-state index in [0.717, 1.165) is 22.7 Å². The molecule has 0 heterocycles. The van der Waals surface area contributed by atoms with Gasteiger partial charge in [0.1, 0.15) is 18.4 Å². The van der Waals surface area contributed by atoms with Gasteiger partial charge in [-0.25, -0.2) is 12.8 Å². The van der Waals surface area contributed by atoms with E-state index in [1.807, 2.05) is 37.3 Å². The van der Waals surface area contributed by atoms with E-state index in [1.54, 1.807) is 55.5 Å². The quantitative estimate of drug-likeness (QED) is 0.157. The summed E-state index contributed by atoms with van der Waals surface area (Å²) in [6, 6.07) is 26.8. The summed E-state index contributed by atoms with van der Waals surface area (Å²) in [5.41, 5.74) is 1.78. The topological polar surface area (TPSA) is 86.8 Å². The maximum atomic E-state index is 15.0. The first kappa shape index (κ1) is 33.7. The molecule has 7 nitrogen and oxygen atoms in total. The number of rotatable bonds is 14. The Bertz CT molecular complexity index is 1700. The number of sulfonamides is 1. The summed E-state index contributed by atoms with van der Waals surface area (Å²) in [7, 11) is -4.27. The number of aryl methyl sites for hydroxylation is 1. The first-order valence-electron chi connectivity index (χ1n) is 14.8. The predicted octanol–water partition coefficient (Wildman–Crippen LogP) is 6.54. The predicted molar refractivity (Wildman–Crippen MR) is 176 cm³/mol. The Morgan fingerprint density at radius 3 is 2.22 bits per heavy atom. The van der Waals surface area contributed by atoms with Crippen LogP contribution >= 0.6 is 11.6 Å². The summed E-state index contributed by atoms with van der Waals surface area (Å²) in [4.78, 5) is 29.5. The number of carbonyl (C=O) groups is 2. The fraction of sp³-hybridized carbons (Fsp3) is 0.257. The molecule has 4 aromatic rings. The zero-order valence-electron chi connectivity index (χ0n) is 25.3. The van der Waals surface area contributed by atoms with Crippen molar-refractivity contribution in [1.29, 1.82) is 0 Å². The van der Waals surface area contributed by atoms with Crippen LogP contribution < -0.4 is 9.62 Å². The lowest BCUT2D eigenvalue weighted by Crippen LogP contribution is -2.53. The average Bonchev–Trinajstić information content (AvgIpc) is 3.04. The number of hydrogen-bond donors (Lipinski definition) is 1. The van der Waals surface area contributed by atoms with Crippen LogP contribution in [0.5, 0.6) is 0 Å². The van der Waals surface area contributed by atoms with E-state index < -0.39 is 40.2 Å². The molecule has 1 atom stereocenters. The maximum absolute atomic E-state index is 15.0. The molecule has 0 radical (unpaired) electrons. The summed E-state index contributed by atoms with van der Waals surface area (Å²) < 4.78 is 44.3. The summed E-state index contributed by atoms with van der Waals surface area (Å²) >= 11 is 6.31. The number of amides is 2. The number of carbonyl (C=O) groups excluding carboxylic acids is 2. The second-order valence-corrected chi connectivity index (χ2v) is 13.0. The molecule has 0 saturated carbocycles. The number of hydrogen-bond acceptors (Lipinski definition) is 4. The normalized spacial score (nSPS) is 11.9. The second-order valence-electron chi connectivity index (χ2n) is 10.7. The number of nitrogens with zero attached hydrogens (tertiary/aromatic N) is 2. The van der Waals surface area contributed by atoms with Crippen molar-refractivity contribution in [2.75, 3.05) is 17.4 Å². The van der Waals surface area contributed by atoms with Crippen LogP contribution in [0.15, 0.2) is 108 Å². The van der Waals surface area contributed by atoms with Crippen LogP contribution in [0.1, 0.15) is 36.5 Å². The van der Waals surface area contributed by atoms with Gasteiger partial charge in [-0.1, -0.05) is 97.7 Å². The average molecular weight is 650 g/mol. The van der Waals surface area contributed by atoms with Gasteiger partial charge in [-0.3, -0.25) is 13.9 Å². The Labute approximate surface area is 269 Å². The molecule has 0 saturated heterocycles. The van der Waals surface area contributed by atoms with E-state index in [4.69, 9.17) is 11.6 Å². The van der Waals surface area contributed by atoms with E-state index >= 15 is 4.39 Å². The third-order valence-corrected chi connectivity index (χ3v) is 9.46. The van der Waals surface area contributed by atoms with Crippen molar-refractivity contribution in [1.82, 2.24) is 10.2 Å². The largest absolute Gasteiger partial charge is 0.354 e. The summed E-state index contributed by atoms with van der Waals surface area (Å²) in [5, 5.41) is 3.21. The molecular formula is C35H37ClFN3O4S. The number of halogens is 2. The van der Waals surface area contributed by atoms with Gasteiger partial charge in [-0.15, -0.1) is 0 Å². The lowest BCUT2D eigenvalue weighted by atomic mass is 10.0. The highest BCUT2D eigenvalue weighted by molar-refractivity contribution is 7.92. The Balaban J connectivity index is 1.82. The Morgan fingerprint density at radius 2 is 1.56 bits per heavy atom. The van der Waals surface area contributed by atoms with Crippen molar-refractivity contribution < 1.29 is 22.4 Å². The minimum Gasteiger partial charge on any atom is -0.354 e. The highest BCUT2D eigenvalue weighted by Crippen LogP contribution is 2.30. The molecular weight excluding hydrogens is 613 g/mol. The first-order chi connectivity index (χ1) is 21.6. The number of anilines is 1. The SMILES string of the molecule is CCCCNC(=O)[C@@H](Cc1ccccc1)N(Cc1ccccc1F)C(=O)CN(c1cc(Cl)ccc1C)S(=O)(=O)c1ccccc1. The van der Waals surface area contributed by atoms with Crippen LogP contribution in [0, 0.1) is 12.7 Å². The molecule has 1 N–H and O–H groups in total. The standard InChI is InChI=1S/C35H37ClFN3O4S/c1-3-4-21-38-35(42)33(22-27-13-7-5-8-14-27)39(24-28-15-11-12-18-31(28)37)34(41)25-40(32-23-29(36)20-19-26(32)2)45(43,44)30-16-9-6-10-17-30/h5-20,23,33H,3-4,21-22,24-25H2,1-2H3,(H,38,42)/t33-/m1/s1. The van der Waals surface area contributed by atoms with Crippen LogP contribution in [-0.2, 0) is 32.6 Å². The molecule has 10 heteroatoms. The van der Waals surface area contributed by atoms with Crippen molar-refractivity contribution in [2.45, 2.75) is 50.6 Å². The number of unbranched alkanes of at least 4 members (excludes halogenated alkanes) is 1. The molecule has 0 spiro atoms. The highest BCUT2D eigenvalue weighted by atomic mass is 35.5. The summed E-state index contributed by atoms with van der Waals surface area (Å²) in [5.74, 6) is -1.63. The van der Waals surface area contributed by atoms with Crippen LogP contribution in [0.3, 0.4) is 0 Å². The van der Waals surface area contributed by atoms with Gasteiger partial charge < -0.3 is 10.2 Å². The van der Waals surface area contributed by atoms with Crippen LogP contribution in [0.4, 0.5) is 10.1 Å². The van der Waals surface area contributed by atoms with Gasteiger partial charge in [0.15, 0.2) is 0 Å². The summed E-state index contributed by atoms with van der Waals surface area (Å²) in [6.07, 6.45) is 1.73. The smallest absolute Gasteiger partial charge is 0.264 e. The lowest BCUT2D eigenvalue weighted by Gasteiger charge is -2.34. The molecule has 0 aliphatic carbocycles. The Kier molecular flexibility index (Phi) is 11.7. The van der Waals surface area contributed by atoms with Gasteiger partial charge in [-0.05, 0) is 54.8 Å². The van der Waals surface area contributed by atoms with E-state index in [0.29, 0.717) is 12.1 Å². The second kappa shape index (κ2) is 15.7. The van der Waals surface area contributed by atoms with Crippen molar-refractivity contribution in [3.05, 3.63) is 131 Å². The molecule has 0 aliphatic rings. The molecule has 0 bridgehead atoms. The monoisotopic (exact) mass is 649 g/mol. The lowest BCUT2D eigenvalue weighted by molar-refractivity contribution is -0.140. The van der Waals surface area contributed by atoms with Crippen molar-refractivity contribution in [3.63, 3.8) is 0 Å². The third kappa shape index (κ3) is 8.71. The molecule has 4 rings (SSSR count). The minimum absolute atomic E-state index is 0.0176. The van der Waals surface area contributed by atoms with Crippen LogP contribution in [0.2, 0.25) is 5.02 Å². The van der Waals surface area contributed by atoms with Crippen LogP contribution in [0.25, 0.3) is 0 Å². The van der Waals surface area contributed by atoms with Crippen LogP contribution in [-0.4, -0.2) is 44.3 Å². The van der Waals surface area contributed by atoms with Gasteiger partial charge in [-0.2, -0.15) is 0 Å². The Hall–Kier alpha value is -4.21. The first-order valence-corrected chi connectivity index (χ1v) is 16.6. The minimum atomic E-state index is -4.27. The summed E-state index contributed by atoms with van der Waals surface area (Å²) in [6.45, 7) is 3.22. The van der Waals surface area contributed by atoms with E-state index in [1.165, 1.54) is 29.2 Å². The Morgan fingerprint density at radius 1 is 0.911 bits per heavy atom. The fourth-order valence-corrected chi connectivity index (χ4v) is 6.61. The van der Waals surface area contributed by atoms with Gasteiger partial charge in [0.05, 0.1) is 10.6 Å². The number of nitrogens with one attached hydrogen (secondary N) is 1.